The molecule has 0 radical (unpaired) electrons. The lowest BCUT2D eigenvalue weighted by Crippen LogP contribution is -2.50. The zero-order valence-electron chi connectivity index (χ0n) is 18.1. The lowest BCUT2D eigenvalue weighted by Gasteiger charge is -2.40. The zero-order valence-corrected chi connectivity index (χ0v) is 18.1. The normalized spacial score (nSPS) is 14.9. The van der Waals surface area contributed by atoms with E-state index < -0.39 is 0 Å². The monoisotopic (exact) mass is 419 g/mol. The predicted octanol–water partition coefficient (Wildman–Crippen LogP) is 1.61. The zero-order chi connectivity index (χ0) is 21.8. The van der Waals surface area contributed by atoms with Gasteiger partial charge in [0.05, 0.1) is 17.1 Å². The summed E-state index contributed by atoms with van der Waals surface area (Å²) in [5.41, 5.74) is 1.14. The number of pyridine rings is 1. The highest BCUT2D eigenvalue weighted by Crippen LogP contribution is 2.25. The van der Waals surface area contributed by atoms with Crippen molar-refractivity contribution < 1.29 is 0 Å². The third-order valence-electron chi connectivity index (χ3n) is 5.63. The molecular formula is C21H25N9O. The van der Waals surface area contributed by atoms with Crippen LogP contribution < -0.4 is 15.8 Å². The minimum absolute atomic E-state index is 0.0776. The van der Waals surface area contributed by atoms with Gasteiger partial charge in [-0.2, -0.15) is 4.52 Å². The van der Waals surface area contributed by atoms with Crippen LogP contribution >= 0.6 is 0 Å². The maximum atomic E-state index is 12.5. The van der Waals surface area contributed by atoms with E-state index >= 15 is 0 Å². The van der Waals surface area contributed by atoms with Gasteiger partial charge in [0.2, 0.25) is 5.95 Å². The van der Waals surface area contributed by atoms with Gasteiger partial charge in [-0.1, -0.05) is 20.8 Å². The number of hydrogen-bond acceptors (Lipinski definition) is 8. The summed E-state index contributed by atoms with van der Waals surface area (Å²) < 4.78 is 3.39. The van der Waals surface area contributed by atoms with Gasteiger partial charge >= 0.3 is 0 Å². The summed E-state index contributed by atoms with van der Waals surface area (Å²) in [5.74, 6) is 2.75. The van der Waals surface area contributed by atoms with Crippen LogP contribution in [0.4, 0.5) is 11.8 Å². The van der Waals surface area contributed by atoms with Crippen molar-refractivity contribution in [2.24, 2.45) is 13.0 Å². The summed E-state index contributed by atoms with van der Waals surface area (Å²) in [6, 6.07) is 5.64. The summed E-state index contributed by atoms with van der Waals surface area (Å²) in [7, 11) is 1.73. The highest BCUT2D eigenvalue weighted by Gasteiger charge is 2.29. The van der Waals surface area contributed by atoms with Gasteiger partial charge in [-0.15, -0.1) is 15.3 Å². The van der Waals surface area contributed by atoms with Crippen molar-refractivity contribution in [3.63, 3.8) is 0 Å². The summed E-state index contributed by atoms with van der Waals surface area (Å²) >= 11 is 0. The fourth-order valence-electron chi connectivity index (χ4n) is 3.82. The first-order chi connectivity index (χ1) is 14.8. The van der Waals surface area contributed by atoms with Crippen LogP contribution in [0.1, 0.15) is 26.6 Å². The van der Waals surface area contributed by atoms with Crippen molar-refractivity contribution >= 4 is 28.3 Å². The quantitative estimate of drug-likeness (QED) is 0.532. The maximum Gasteiger partial charge on any atom is 0.262 e. The Morgan fingerprint density at radius 1 is 1.16 bits per heavy atom. The molecule has 0 bridgehead atoms. The Morgan fingerprint density at radius 3 is 2.74 bits per heavy atom. The Bertz CT molecular complexity index is 1330. The first kappa shape index (κ1) is 19.4. The molecule has 0 atom stereocenters. The molecular weight excluding hydrogens is 394 g/mol. The molecule has 0 spiro atoms. The fourth-order valence-corrected chi connectivity index (χ4v) is 3.82. The molecule has 0 amide bonds. The number of rotatable bonds is 4. The highest BCUT2D eigenvalue weighted by molar-refractivity contribution is 5.77. The van der Waals surface area contributed by atoms with Crippen LogP contribution in [0, 0.1) is 5.92 Å². The van der Waals surface area contributed by atoms with Crippen molar-refractivity contribution in [1.29, 1.82) is 0 Å². The van der Waals surface area contributed by atoms with E-state index in [-0.39, 0.29) is 11.0 Å². The van der Waals surface area contributed by atoms with Gasteiger partial charge in [-0.25, -0.2) is 4.98 Å². The SMILES string of the molecule is Cn1c(NCC2CN(c3ccc4nnc(C(C)(C)C)n4n3)C2)nc2cnccc2c1=O. The molecule has 4 aromatic rings. The van der Waals surface area contributed by atoms with E-state index in [1.165, 1.54) is 0 Å². The third kappa shape index (κ3) is 3.37. The van der Waals surface area contributed by atoms with Gasteiger partial charge in [0.1, 0.15) is 5.82 Å². The number of nitrogens with zero attached hydrogens (tertiary/aromatic N) is 8. The smallest absolute Gasteiger partial charge is 0.262 e. The molecule has 10 nitrogen and oxygen atoms in total. The fraction of sp³-hybridized carbons (Fsp3) is 0.429. The largest absolute Gasteiger partial charge is 0.355 e. The van der Waals surface area contributed by atoms with Gasteiger partial charge < -0.3 is 10.2 Å². The van der Waals surface area contributed by atoms with Crippen LogP contribution in [-0.4, -0.2) is 54.0 Å². The van der Waals surface area contributed by atoms with Gasteiger partial charge in [0, 0.05) is 44.2 Å². The molecule has 31 heavy (non-hydrogen) atoms. The van der Waals surface area contributed by atoms with Crippen molar-refractivity contribution in [3.8, 4) is 0 Å². The third-order valence-corrected chi connectivity index (χ3v) is 5.63. The molecule has 1 fully saturated rings. The van der Waals surface area contributed by atoms with E-state index in [1.54, 1.807) is 30.1 Å². The van der Waals surface area contributed by atoms with Crippen molar-refractivity contribution in [2.75, 3.05) is 29.9 Å². The molecule has 160 valence electrons. The average Bonchev–Trinajstić information content (AvgIpc) is 3.14. The lowest BCUT2D eigenvalue weighted by atomic mass is 9.96. The van der Waals surface area contributed by atoms with Crippen LogP contribution in [0.3, 0.4) is 0 Å². The number of fused-ring (bicyclic) bond motifs is 2. The highest BCUT2D eigenvalue weighted by atomic mass is 16.1. The Labute approximate surface area is 179 Å². The van der Waals surface area contributed by atoms with Crippen LogP contribution in [0.25, 0.3) is 16.6 Å². The second kappa shape index (κ2) is 7.00. The number of aromatic nitrogens is 7. The summed E-state index contributed by atoms with van der Waals surface area (Å²) in [6.07, 6.45) is 3.22. The molecule has 0 aromatic carbocycles. The summed E-state index contributed by atoms with van der Waals surface area (Å²) in [5, 5.41) is 17.2. The van der Waals surface area contributed by atoms with E-state index in [2.05, 4.69) is 51.2 Å². The van der Waals surface area contributed by atoms with E-state index in [0.717, 1.165) is 36.9 Å². The second-order valence-corrected chi connectivity index (χ2v) is 9.08. The van der Waals surface area contributed by atoms with Crippen molar-refractivity contribution in [3.05, 3.63) is 46.8 Å². The first-order valence-corrected chi connectivity index (χ1v) is 10.3. The average molecular weight is 419 g/mol. The van der Waals surface area contributed by atoms with Gasteiger partial charge in [0.15, 0.2) is 11.5 Å². The van der Waals surface area contributed by atoms with E-state index in [4.69, 9.17) is 5.10 Å². The Kier molecular flexibility index (Phi) is 4.38. The van der Waals surface area contributed by atoms with Crippen LogP contribution in [0.2, 0.25) is 0 Å². The number of nitrogens with one attached hydrogen (secondary N) is 1. The minimum Gasteiger partial charge on any atom is -0.355 e. The number of hydrogen-bond donors (Lipinski definition) is 1. The molecule has 10 heteroatoms. The Balaban J connectivity index is 1.27. The molecule has 1 aliphatic heterocycles. The van der Waals surface area contributed by atoms with Crippen molar-refractivity contribution in [1.82, 2.24) is 34.3 Å². The Morgan fingerprint density at radius 2 is 1.97 bits per heavy atom. The molecule has 1 saturated heterocycles. The van der Waals surface area contributed by atoms with E-state index in [1.807, 2.05) is 16.6 Å². The number of anilines is 2. The van der Waals surface area contributed by atoms with Gasteiger partial charge in [-0.05, 0) is 18.2 Å². The first-order valence-electron chi connectivity index (χ1n) is 10.3. The Hall–Kier alpha value is -3.56. The summed E-state index contributed by atoms with van der Waals surface area (Å²) in [4.78, 5) is 23.4. The molecule has 0 aliphatic carbocycles. The standard InChI is InChI=1S/C21H25N9O/c1-21(2,3)19-26-25-16-5-6-17(27-30(16)19)29-11-13(12-29)9-23-20-24-15-10-22-8-7-14(15)18(31)28(20)4/h5-8,10,13H,9,11-12H2,1-4H3,(H,23,24). The van der Waals surface area contributed by atoms with E-state index in [0.29, 0.717) is 22.8 Å². The van der Waals surface area contributed by atoms with Crippen LogP contribution in [-0.2, 0) is 12.5 Å². The predicted molar refractivity (Wildman–Crippen MR) is 118 cm³/mol. The molecule has 5 rings (SSSR count). The van der Waals surface area contributed by atoms with Gasteiger partial charge in [0.25, 0.3) is 5.56 Å². The maximum absolute atomic E-state index is 12.5. The molecule has 1 N–H and O–H groups in total. The molecule has 5 heterocycles. The van der Waals surface area contributed by atoms with Crippen LogP contribution in [0.5, 0.6) is 0 Å². The molecule has 0 unspecified atom stereocenters. The molecule has 1 aliphatic rings. The van der Waals surface area contributed by atoms with Crippen LogP contribution in [0.15, 0.2) is 35.4 Å². The minimum atomic E-state index is -0.134. The molecule has 4 aromatic heterocycles. The lowest BCUT2D eigenvalue weighted by molar-refractivity contribution is 0.422. The summed E-state index contributed by atoms with van der Waals surface area (Å²) in [6.45, 7) is 8.79. The van der Waals surface area contributed by atoms with Crippen molar-refractivity contribution in [2.45, 2.75) is 26.2 Å². The topological polar surface area (TPSA) is 106 Å². The van der Waals surface area contributed by atoms with E-state index in [9.17, 15) is 4.79 Å². The van der Waals surface area contributed by atoms with Gasteiger partial charge in [-0.3, -0.25) is 14.3 Å². The second-order valence-electron chi connectivity index (χ2n) is 9.08. The molecule has 0 saturated carbocycles.